The minimum atomic E-state index is 0. The molecule has 0 unspecified atom stereocenters. The molecule has 0 aromatic heterocycles. The van der Waals surface area contributed by atoms with E-state index in [1.54, 1.807) is 14.2 Å². The number of hydrogen-bond acceptors (Lipinski definition) is 4. The fourth-order valence-electron chi connectivity index (χ4n) is 4.55. The molecule has 0 aliphatic heterocycles. The number of hydrogen-bond donors (Lipinski definition) is 1. The molecule has 5 heteroatoms. The van der Waals surface area contributed by atoms with Crippen molar-refractivity contribution in [2.24, 2.45) is 0 Å². The summed E-state index contributed by atoms with van der Waals surface area (Å²) in [5, 5.41) is 3.61. The van der Waals surface area contributed by atoms with Gasteiger partial charge in [0, 0.05) is 0 Å². The van der Waals surface area contributed by atoms with Gasteiger partial charge in [0.2, 0.25) is 0 Å². The third kappa shape index (κ3) is 8.04. The van der Waals surface area contributed by atoms with E-state index in [9.17, 15) is 0 Å². The molecule has 4 rings (SSSR count). The van der Waals surface area contributed by atoms with Crippen molar-refractivity contribution in [2.75, 3.05) is 27.3 Å². The third-order valence-corrected chi connectivity index (χ3v) is 6.56. The van der Waals surface area contributed by atoms with Crippen molar-refractivity contribution in [3.05, 3.63) is 94.6 Å². The first-order valence-corrected chi connectivity index (χ1v) is 12.7. The zero-order valence-corrected chi connectivity index (χ0v) is 22.2. The van der Waals surface area contributed by atoms with Gasteiger partial charge in [0.1, 0.15) is 12.4 Å². The summed E-state index contributed by atoms with van der Waals surface area (Å²) in [6, 6.07) is 23.0. The topological polar surface area (TPSA) is 39.7 Å². The van der Waals surface area contributed by atoms with Gasteiger partial charge in [-0.2, -0.15) is 0 Å². The van der Waals surface area contributed by atoms with Crippen molar-refractivity contribution in [1.29, 1.82) is 0 Å². The smallest absolute Gasteiger partial charge is 0.161 e. The Morgan fingerprint density at radius 1 is 0.750 bits per heavy atom. The summed E-state index contributed by atoms with van der Waals surface area (Å²) < 4.78 is 16.8. The maximum absolute atomic E-state index is 5.88. The van der Waals surface area contributed by atoms with Gasteiger partial charge in [0.05, 0.1) is 14.2 Å². The number of halogens is 1. The number of ether oxygens (including phenoxy) is 3. The fraction of sp³-hybridized carbons (Fsp3) is 0.355. The summed E-state index contributed by atoms with van der Waals surface area (Å²) in [5.74, 6) is 2.55. The summed E-state index contributed by atoms with van der Waals surface area (Å²) >= 11 is 0. The Balaban J connectivity index is 0.00000361. The molecule has 0 heterocycles. The second-order valence-electron chi connectivity index (χ2n) is 9.08. The van der Waals surface area contributed by atoms with Crippen LogP contribution >= 0.6 is 12.4 Å². The second-order valence-corrected chi connectivity index (χ2v) is 9.08. The number of rotatable bonds is 13. The Kier molecular flexibility index (Phi) is 11.2. The summed E-state index contributed by atoms with van der Waals surface area (Å²) in [6.45, 7) is 2.71. The lowest BCUT2D eigenvalue weighted by Gasteiger charge is -2.19. The number of allylic oxidation sites excluding steroid dienone is 1. The van der Waals surface area contributed by atoms with Crippen LogP contribution in [0.15, 0.2) is 72.3 Å². The quantitative estimate of drug-likeness (QED) is 0.252. The summed E-state index contributed by atoms with van der Waals surface area (Å²) in [4.78, 5) is 0. The molecule has 0 bridgehead atoms. The standard InChI is InChI=1S/C31H37NO3.ClH/c1-33-30-21-27-15-12-25(20-28(27)22-31(30)34-2)11-7-19-32-18-6-10-24-13-16-29(17-14-24)35-23-26-8-4-3-5-9-26;/h3-5,8-9,13-14,16-17,20-22,32H,6-7,10-12,15,18-19,23H2,1-2H3;1H. The molecule has 3 aromatic carbocycles. The molecule has 1 aliphatic carbocycles. The highest BCUT2D eigenvalue weighted by Gasteiger charge is 2.14. The van der Waals surface area contributed by atoms with Crippen LogP contribution in [-0.4, -0.2) is 27.3 Å². The molecule has 192 valence electrons. The predicted molar refractivity (Wildman–Crippen MR) is 151 cm³/mol. The first-order valence-electron chi connectivity index (χ1n) is 12.7. The third-order valence-electron chi connectivity index (χ3n) is 6.56. The van der Waals surface area contributed by atoms with Crippen molar-refractivity contribution < 1.29 is 14.2 Å². The Labute approximate surface area is 222 Å². The van der Waals surface area contributed by atoms with E-state index in [-0.39, 0.29) is 12.4 Å². The normalized spacial score (nSPS) is 12.2. The van der Waals surface area contributed by atoms with Crippen molar-refractivity contribution in [3.63, 3.8) is 0 Å². The van der Waals surface area contributed by atoms with Crippen LogP contribution in [0.2, 0.25) is 0 Å². The summed E-state index contributed by atoms with van der Waals surface area (Å²) in [7, 11) is 3.39. The lowest BCUT2D eigenvalue weighted by molar-refractivity contribution is 0.306. The van der Waals surface area contributed by atoms with Gasteiger partial charge in [0.15, 0.2) is 11.5 Å². The van der Waals surface area contributed by atoms with Gasteiger partial charge in [-0.15, -0.1) is 12.4 Å². The van der Waals surface area contributed by atoms with Gasteiger partial charge in [-0.05, 0) is 98.1 Å². The minimum absolute atomic E-state index is 0. The van der Waals surface area contributed by atoms with Gasteiger partial charge in [-0.1, -0.05) is 54.1 Å². The average molecular weight is 508 g/mol. The zero-order valence-electron chi connectivity index (χ0n) is 21.4. The molecule has 36 heavy (non-hydrogen) atoms. The Morgan fingerprint density at radius 2 is 1.44 bits per heavy atom. The number of aryl methyl sites for hydroxylation is 2. The molecule has 4 nitrogen and oxygen atoms in total. The highest BCUT2D eigenvalue weighted by atomic mass is 35.5. The van der Waals surface area contributed by atoms with E-state index in [1.807, 2.05) is 18.2 Å². The van der Waals surface area contributed by atoms with Gasteiger partial charge >= 0.3 is 0 Å². The van der Waals surface area contributed by atoms with Crippen LogP contribution in [0.3, 0.4) is 0 Å². The lowest BCUT2D eigenvalue weighted by atomic mass is 9.89. The van der Waals surface area contributed by atoms with Crippen LogP contribution in [0.1, 0.15) is 47.9 Å². The molecule has 0 fully saturated rings. The van der Waals surface area contributed by atoms with Crippen molar-refractivity contribution in [1.82, 2.24) is 5.32 Å². The van der Waals surface area contributed by atoms with Crippen LogP contribution in [0.4, 0.5) is 0 Å². The van der Waals surface area contributed by atoms with E-state index < -0.39 is 0 Å². The second kappa shape index (κ2) is 14.6. The molecular formula is C31H38ClNO3. The van der Waals surface area contributed by atoms with Crippen LogP contribution in [-0.2, 0) is 19.4 Å². The summed E-state index contributed by atoms with van der Waals surface area (Å²) in [6.07, 6.45) is 9.08. The number of methoxy groups -OCH3 is 2. The van der Waals surface area contributed by atoms with E-state index in [0.717, 1.165) is 62.4 Å². The van der Waals surface area contributed by atoms with Crippen LogP contribution in [0, 0.1) is 0 Å². The molecule has 3 aromatic rings. The van der Waals surface area contributed by atoms with E-state index in [2.05, 4.69) is 59.9 Å². The maximum atomic E-state index is 5.88. The lowest BCUT2D eigenvalue weighted by Crippen LogP contribution is -2.17. The Hall–Kier alpha value is -2.95. The van der Waals surface area contributed by atoms with Crippen molar-refractivity contribution in [3.8, 4) is 17.2 Å². The van der Waals surface area contributed by atoms with E-state index in [4.69, 9.17) is 14.2 Å². The highest BCUT2D eigenvalue weighted by Crippen LogP contribution is 2.35. The van der Waals surface area contributed by atoms with Crippen molar-refractivity contribution in [2.45, 2.75) is 45.1 Å². The molecule has 0 spiro atoms. The molecule has 0 amide bonds. The largest absolute Gasteiger partial charge is 0.493 e. The monoisotopic (exact) mass is 507 g/mol. The molecule has 1 aliphatic rings. The van der Waals surface area contributed by atoms with Gasteiger partial charge in [-0.3, -0.25) is 0 Å². The first-order chi connectivity index (χ1) is 17.2. The minimum Gasteiger partial charge on any atom is -0.493 e. The summed E-state index contributed by atoms with van der Waals surface area (Å²) in [5.41, 5.74) is 6.69. The van der Waals surface area contributed by atoms with Crippen molar-refractivity contribution >= 4 is 18.5 Å². The first kappa shape index (κ1) is 27.6. The SMILES string of the molecule is COc1cc2c(cc1OC)CCC(CCCNCCCc1ccc(OCc3ccccc3)cc1)=C2.Cl. The molecule has 0 saturated carbocycles. The van der Waals surface area contributed by atoms with Gasteiger partial charge in [0.25, 0.3) is 0 Å². The number of nitrogens with one attached hydrogen (secondary N) is 1. The molecule has 0 saturated heterocycles. The number of fused-ring (bicyclic) bond motifs is 1. The van der Waals surface area contributed by atoms with Crippen LogP contribution < -0.4 is 19.5 Å². The predicted octanol–water partition coefficient (Wildman–Crippen LogP) is 7.04. The van der Waals surface area contributed by atoms with E-state index in [0.29, 0.717) is 6.61 Å². The maximum Gasteiger partial charge on any atom is 0.161 e. The van der Waals surface area contributed by atoms with Crippen LogP contribution in [0.5, 0.6) is 17.2 Å². The average Bonchev–Trinajstić information content (AvgIpc) is 2.91. The van der Waals surface area contributed by atoms with E-state index >= 15 is 0 Å². The Morgan fingerprint density at radius 3 is 2.17 bits per heavy atom. The number of benzene rings is 3. The Bertz CT molecular complexity index is 1100. The highest BCUT2D eigenvalue weighted by molar-refractivity contribution is 5.85. The molecule has 1 N–H and O–H groups in total. The van der Waals surface area contributed by atoms with Gasteiger partial charge in [-0.25, -0.2) is 0 Å². The van der Waals surface area contributed by atoms with E-state index in [1.165, 1.54) is 34.2 Å². The molecule has 0 atom stereocenters. The zero-order chi connectivity index (χ0) is 24.3. The van der Waals surface area contributed by atoms with Gasteiger partial charge < -0.3 is 19.5 Å². The molecular weight excluding hydrogens is 470 g/mol. The fourth-order valence-corrected chi connectivity index (χ4v) is 4.55. The van der Waals surface area contributed by atoms with Crippen LogP contribution in [0.25, 0.3) is 6.08 Å². The molecule has 0 radical (unpaired) electrons.